The number of fused-ring (bicyclic) bond motifs is 1. The highest BCUT2D eigenvalue weighted by atomic mass is 35.5. The van der Waals surface area contributed by atoms with E-state index in [2.05, 4.69) is 26.6 Å². The topological polar surface area (TPSA) is 48.5 Å². The summed E-state index contributed by atoms with van der Waals surface area (Å²) in [5.41, 5.74) is 3.79. The Morgan fingerprint density at radius 2 is 2.15 bits per heavy atom. The van der Waals surface area contributed by atoms with Crippen LogP contribution in [0.3, 0.4) is 0 Å². The van der Waals surface area contributed by atoms with Crippen molar-refractivity contribution in [1.82, 2.24) is 24.3 Å². The van der Waals surface area contributed by atoms with Crippen LogP contribution >= 0.6 is 11.6 Å². The number of aryl methyl sites for hydroxylation is 2. The summed E-state index contributed by atoms with van der Waals surface area (Å²) in [5.74, 6) is 1.21. The molecule has 3 aromatic heterocycles. The zero-order chi connectivity index (χ0) is 14.3. The molecular formula is C14H16ClN5. The molecule has 104 valence electrons. The molecule has 3 rings (SSSR count). The average Bonchev–Trinajstić information content (AvgIpc) is 2.98. The Morgan fingerprint density at radius 3 is 2.80 bits per heavy atom. The highest BCUT2D eigenvalue weighted by Gasteiger charge is 2.21. The Labute approximate surface area is 122 Å². The fourth-order valence-electron chi connectivity index (χ4n) is 2.60. The molecule has 0 radical (unpaired) electrons. The monoisotopic (exact) mass is 289 g/mol. The largest absolute Gasteiger partial charge is 0.303 e. The van der Waals surface area contributed by atoms with Crippen molar-refractivity contribution in [1.29, 1.82) is 0 Å². The van der Waals surface area contributed by atoms with Crippen LogP contribution in [0.1, 0.15) is 30.2 Å². The quantitative estimate of drug-likeness (QED) is 0.697. The minimum absolute atomic E-state index is 0.0600. The summed E-state index contributed by atoms with van der Waals surface area (Å²) in [6.45, 7) is 4.06. The smallest absolute Gasteiger partial charge is 0.159 e. The van der Waals surface area contributed by atoms with Crippen molar-refractivity contribution in [2.24, 2.45) is 7.05 Å². The molecule has 20 heavy (non-hydrogen) atoms. The van der Waals surface area contributed by atoms with Crippen molar-refractivity contribution in [2.45, 2.75) is 25.8 Å². The van der Waals surface area contributed by atoms with Gasteiger partial charge in [0.2, 0.25) is 0 Å². The number of nitrogens with zero attached hydrogens (tertiary/aromatic N) is 5. The predicted molar refractivity (Wildman–Crippen MR) is 78.8 cm³/mol. The van der Waals surface area contributed by atoms with Crippen LogP contribution in [0.5, 0.6) is 0 Å². The lowest BCUT2D eigenvalue weighted by Gasteiger charge is -2.16. The van der Waals surface area contributed by atoms with Crippen molar-refractivity contribution >= 4 is 22.8 Å². The molecule has 1 atom stereocenters. The second kappa shape index (κ2) is 4.90. The van der Waals surface area contributed by atoms with Crippen molar-refractivity contribution in [3.8, 4) is 0 Å². The summed E-state index contributed by atoms with van der Waals surface area (Å²) < 4.78 is 3.97. The lowest BCUT2D eigenvalue weighted by atomic mass is 10.2. The Hall–Kier alpha value is -1.88. The summed E-state index contributed by atoms with van der Waals surface area (Å²) >= 11 is 6.06. The van der Waals surface area contributed by atoms with E-state index in [0.717, 1.165) is 28.4 Å². The van der Waals surface area contributed by atoms with Gasteiger partial charge < -0.3 is 4.57 Å². The number of rotatable bonds is 3. The van der Waals surface area contributed by atoms with Gasteiger partial charge in [-0.05, 0) is 26.0 Å². The van der Waals surface area contributed by atoms with Crippen LogP contribution in [-0.4, -0.2) is 24.3 Å². The minimum atomic E-state index is 0.0600. The fourth-order valence-corrected chi connectivity index (χ4v) is 2.79. The maximum Gasteiger partial charge on any atom is 0.159 e. The molecule has 0 bridgehead atoms. The van der Waals surface area contributed by atoms with Crippen LogP contribution in [0, 0.1) is 6.92 Å². The first-order chi connectivity index (χ1) is 9.63. The van der Waals surface area contributed by atoms with Crippen molar-refractivity contribution < 1.29 is 0 Å². The van der Waals surface area contributed by atoms with Crippen LogP contribution < -0.4 is 0 Å². The van der Waals surface area contributed by atoms with Gasteiger partial charge in [-0.3, -0.25) is 9.67 Å². The molecular weight excluding hydrogens is 274 g/mol. The van der Waals surface area contributed by atoms with E-state index in [1.165, 1.54) is 0 Å². The summed E-state index contributed by atoms with van der Waals surface area (Å²) in [5, 5.41) is 4.43. The lowest BCUT2D eigenvalue weighted by molar-refractivity contribution is 0.594. The second-order valence-corrected chi connectivity index (χ2v) is 5.11. The van der Waals surface area contributed by atoms with E-state index in [1.54, 1.807) is 6.20 Å². The van der Waals surface area contributed by atoms with Gasteiger partial charge in [0, 0.05) is 13.2 Å². The van der Waals surface area contributed by atoms with Crippen LogP contribution in [0.4, 0.5) is 0 Å². The molecule has 0 amide bonds. The van der Waals surface area contributed by atoms with Gasteiger partial charge in [0.15, 0.2) is 5.65 Å². The molecule has 0 spiro atoms. The number of aromatic nitrogens is 5. The van der Waals surface area contributed by atoms with Gasteiger partial charge in [-0.15, -0.1) is 11.6 Å². The van der Waals surface area contributed by atoms with Crippen LogP contribution in [-0.2, 0) is 12.9 Å². The maximum atomic E-state index is 6.06. The molecule has 3 aromatic rings. The first kappa shape index (κ1) is 13.1. The van der Waals surface area contributed by atoms with Gasteiger partial charge >= 0.3 is 0 Å². The molecule has 0 saturated carbocycles. The van der Waals surface area contributed by atoms with Crippen LogP contribution in [0.2, 0.25) is 0 Å². The highest BCUT2D eigenvalue weighted by molar-refractivity contribution is 6.16. The van der Waals surface area contributed by atoms with Crippen LogP contribution in [0.15, 0.2) is 24.4 Å². The molecule has 0 aliphatic carbocycles. The van der Waals surface area contributed by atoms with E-state index in [-0.39, 0.29) is 6.04 Å². The molecule has 0 fully saturated rings. The number of hydrogen-bond donors (Lipinski definition) is 0. The Bertz CT molecular complexity index is 744. The van der Waals surface area contributed by atoms with Crippen molar-refractivity contribution in [2.75, 3.05) is 0 Å². The summed E-state index contributed by atoms with van der Waals surface area (Å²) in [4.78, 5) is 9.05. The first-order valence-electron chi connectivity index (χ1n) is 6.50. The van der Waals surface area contributed by atoms with E-state index in [9.17, 15) is 0 Å². The standard InChI is InChI=1S/C14H16ClN5/c1-9-13-14(19(3)18-9)20(12(8-15)17-13)10(2)11-6-4-5-7-16-11/h4-7,10H,8H2,1-3H3. The lowest BCUT2D eigenvalue weighted by Crippen LogP contribution is -2.13. The maximum absolute atomic E-state index is 6.06. The molecule has 0 aliphatic rings. The third kappa shape index (κ3) is 1.89. The van der Waals surface area contributed by atoms with E-state index in [0.29, 0.717) is 5.88 Å². The number of halogens is 1. The minimum Gasteiger partial charge on any atom is -0.303 e. The summed E-state index contributed by atoms with van der Waals surface area (Å²) in [6.07, 6.45) is 1.80. The van der Waals surface area contributed by atoms with Crippen LogP contribution in [0.25, 0.3) is 11.2 Å². The number of pyridine rings is 1. The third-order valence-corrected chi connectivity index (χ3v) is 3.77. The van der Waals surface area contributed by atoms with Gasteiger partial charge in [0.25, 0.3) is 0 Å². The SMILES string of the molecule is Cc1nn(C)c2c1nc(CCl)n2C(C)c1ccccn1. The van der Waals surface area contributed by atoms with Gasteiger partial charge in [-0.2, -0.15) is 5.10 Å². The van der Waals surface area contributed by atoms with E-state index >= 15 is 0 Å². The van der Waals surface area contributed by atoms with Gasteiger partial charge in [0.05, 0.1) is 23.3 Å². The highest BCUT2D eigenvalue weighted by Crippen LogP contribution is 2.27. The molecule has 0 saturated heterocycles. The molecule has 5 nitrogen and oxygen atoms in total. The number of alkyl halides is 1. The first-order valence-corrected chi connectivity index (χ1v) is 7.04. The zero-order valence-corrected chi connectivity index (χ0v) is 12.5. The predicted octanol–water partition coefficient (Wildman–Crippen LogP) is 2.82. The molecule has 0 N–H and O–H groups in total. The number of hydrogen-bond acceptors (Lipinski definition) is 3. The van der Waals surface area contributed by atoms with Gasteiger partial charge in [0.1, 0.15) is 11.3 Å². The fraction of sp³-hybridized carbons (Fsp3) is 0.357. The molecule has 1 unspecified atom stereocenters. The van der Waals surface area contributed by atoms with E-state index < -0.39 is 0 Å². The van der Waals surface area contributed by atoms with Gasteiger partial charge in [-0.1, -0.05) is 6.07 Å². The molecule has 0 aliphatic heterocycles. The average molecular weight is 290 g/mol. The molecule has 0 aromatic carbocycles. The molecule has 6 heteroatoms. The third-order valence-electron chi connectivity index (χ3n) is 3.53. The molecule has 3 heterocycles. The van der Waals surface area contributed by atoms with E-state index in [4.69, 9.17) is 11.6 Å². The number of imidazole rings is 1. The zero-order valence-electron chi connectivity index (χ0n) is 11.7. The van der Waals surface area contributed by atoms with Crippen molar-refractivity contribution in [3.05, 3.63) is 41.6 Å². The second-order valence-electron chi connectivity index (χ2n) is 4.84. The Balaban J connectivity index is 2.24. The Morgan fingerprint density at radius 1 is 1.35 bits per heavy atom. The van der Waals surface area contributed by atoms with Gasteiger partial charge in [-0.25, -0.2) is 4.98 Å². The van der Waals surface area contributed by atoms with Crippen molar-refractivity contribution in [3.63, 3.8) is 0 Å². The normalized spacial score (nSPS) is 13.0. The van der Waals surface area contributed by atoms with E-state index in [1.807, 2.05) is 36.9 Å². The summed E-state index contributed by atoms with van der Waals surface area (Å²) in [6, 6.07) is 5.97. The Kier molecular flexibility index (Phi) is 3.22. The summed E-state index contributed by atoms with van der Waals surface area (Å²) in [7, 11) is 1.93.